The first-order valence-corrected chi connectivity index (χ1v) is 11.1. The molecule has 0 radical (unpaired) electrons. The molecule has 1 N–H and O–H groups in total. The van der Waals surface area contributed by atoms with E-state index in [0.717, 1.165) is 51.4 Å². The average Bonchev–Trinajstić information content (AvgIpc) is 3.26. The summed E-state index contributed by atoms with van der Waals surface area (Å²) in [7, 11) is 1.57. The lowest BCUT2D eigenvalue weighted by atomic mass is 9.83. The molecule has 0 atom stereocenters. The van der Waals surface area contributed by atoms with E-state index in [-0.39, 0.29) is 18.1 Å². The standard InChI is InChI=1S/C21H28N4O2.C2HF3O2/c1-3-24-13-14-25-18(17-7-5-4-6-8-17)15-22-20(25)21(24)9-11-23(12-10-21)19(26)16-27-2;3-2(4,5)1(6)7/h4-8,15H,3,9-14,16H2,1-2H3;(H,6,7). The van der Waals surface area contributed by atoms with Crippen molar-refractivity contribution < 1.29 is 32.6 Å². The van der Waals surface area contributed by atoms with Crippen LogP contribution in [0.1, 0.15) is 25.6 Å². The smallest absolute Gasteiger partial charge is 0.475 e. The third-order valence-corrected chi connectivity index (χ3v) is 6.38. The number of carboxylic acid groups (broad SMARTS) is 1. The van der Waals surface area contributed by atoms with Crippen molar-refractivity contribution in [1.82, 2.24) is 19.4 Å². The number of carbonyl (C=O) groups is 2. The van der Waals surface area contributed by atoms with Crippen molar-refractivity contribution in [2.75, 3.05) is 39.9 Å². The molecule has 186 valence electrons. The zero-order chi connectivity index (χ0) is 24.9. The summed E-state index contributed by atoms with van der Waals surface area (Å²) in [5, 5.41) is 7.12. The second kappa shape index (κ2) is 10.6. The van der Waals surface area contributed by atoms with Gasteiger partial charge in [-0.2, -0.15) is 13.2 Å². The predicted molar refractivity (Wildman–Crippen MR) is 118 cm³/mol. The second-order valence-electron chi connectivity index (χ2n) is 8.21. The molecule has 3 heterocycles. The van der Waals surface area contributed by atoms with Crippen molar-refractivity contribution in [2.24, 2.45) is 0 Å². The molecule has 11 heteroatoms. The molecular formula is C23H29F3N4O4. The summed E-state index contributed by atoms with van der Waals surface area (Å²) in [5.74, 6) is -1.51. The van der Waals surface area contributed by atoms with Gasteiger partial charge < -0.3 is 19.3 Å². The van der Waals surface area contributed by atoms with E-state index in [9.17, 15) is 18.0 Å². The molecule has 34 heavy (non-hydrogen) atoms. The lowest BCUT2D eigenvalue weighted by molar-refractivity contribution is -0.192. The minimum Gasteiger partial charge on any atom is -0.475 e. The van der Waals surface area contributed by atoms with Crippen LogP contribution in [0.4, 0.5) is 13.2 Å². The summed E-state index contributed by atoms with van der Waals surface area (Å²) < 4.78 is 39.2. The Bertz CT molecular complexity index is 986. The summed E-state index contributed by atoms with van der Waals surface area (Å²) in [6.07, 6.45) is -1.23. The Hall–Kier alpha value is -2.92. The molecule has 1 aromatic carbocycles. The highest BCUT2D eigenvalue weighted by molar-refractivity contribution is 5.77. The Morgan fingerprint density at radius 3 is 2.26 bits per heavy atom. The van der Waals surface area contributed by atoms with Gasteiger partial charge in [0.05, 0.1) is 17.4 Å². The number of hydrogen-bond acceptors (Lipinski definition) is 5. The molecule has 1 aromatic heterocycles. The van der Waals surface area contributed by atoms with Gasteiger partial charge in [0.15, 0.2) is 0 Å². The number of rotatable bonds is 4. The summed E-state index contributed by atoms with van der Waals surface area (Å²) >= 11 is 0. The van der Waals surface area contributed by atoms with Crippen molar-refractivity contribution in [3.63, 3.8) is 0 Å². The van der Waals surface area contributed by atoms with Gasteiger partial charge in [0.25, 0.3) is 0 Å². The van der Waals surface area contributed by atoms with E-state index in [4.69, 9.17) is 19.6 Å². The minimum atomic E-state index is -5.08. The molecule has 4 rings (SSSR count). The van der Waals surface area contributed by atoms with Gasteiger partial charge in [-0.25, -0.2) is 9.78 Å². The molecule has 1 amide bonds. The van der Waals surface area contributed by atoms with Crippen molar-refractivity contribution in [1.29, 1.82) is 0 Å². The van der Waals surface area contributed by atoms with Crippen LogP contribution in [0.2, 0.25) is 0 Å². The number of carbonyl (C=O) groups excluding carboxylic acids is 1. The van der Waals surface area contributed by atoms with E-state index in [1.165, 1.54) is 11.3 Å². The fraction of sp³-hybridized carbons (Fsp3) is 0.522. The monoisotopic (exact) mass is 482 g/mol. The number of amides is 1. The Kier molecular flexibility index (Phi) is 7.98. The number of piperidine rings is 1. The van der Waals surface area contributed by atoms with E-state index in [2.05, 4.69) is 40.7 Å². The molecule has 2 aromatic rings. The number of carboxylic acids is 1. The number of alkyl halides is 3. The summed E-state index contributed by atoms with van der Waals surface area (Å²) in [6.45, 7) is 6.88. The number of benzene rings is 1. The quantitative estimate of drug-likeness (QED) is 0.721. The number of nitrogens with zero attached hydrogens (tertiary/aromatic N) is 4. The van der Waals surface area contributed by atoms with Crippen LogP contribution in [0.15, 0.2) is 36.5 Å². The first-order valence-electron chi connectivity index (χ1n) is 11.1. The SMILES string of the molecule is CCN1CCn2c(-c3ccccc3)cnc2C12CCN(C(=O)COC)CC2.O=C(O)C(F)(F)F. The molecule has 2 aliphatic heterocycles. The highest BCUT2D eigenvalue weighted by Crippen LogP contribution is 2.42. The largest absolute Gasteiger partial charge is 0.490 e. The molecule has 1 saturated heterocycles. The second-order valence-corrected chi connectivity index (χ2v) is 8.21. The van der Waals surface area contributed by atoms with Gasteiger partial charge in [-0.15, -0.1) is 0 Å². The van der Waals surface area contributed by atoms with Crippen LogP contribution in [-0.4, -0.2) is 82.4 Å². The number of aliphatic carboxylic acids is 1. The van der Waals surface area contributed by atoms with E-state index in [0.29, 0.717) is 0 Å². The first-order chi connectivity index (χ1) is 16.1. The van der Waals surface area contributed by atoms with Crippen LogP contribution in [-0.2, 0) is 26.4 Å². The van der Waals surface area contributed by atoms with Gasteiger partial charge in [0.2, 0.25) is 5.91 Å². The number of imidazole rings is 1. The van der Waals surface area contributed by atoms with Gasteiger partial charge in [0.1, 0.15) is 12.4 Å². The highest BCUT2D eigenvalue weighted by Gasteiger charge is 2.47. The zero-order valence-corrected chi connectivity index (χ0v) is 19.2. The van der Waals surface area contributed by atoms with Gasteiger partial charge in [-0.05, 0) is 24.9 Å². The van der Waals surface area contributed by atoms with Crippen molar-refractivity contribution in [2.45, 2.75) is 38.0 Å². The molecule has 0 unspecified atom stereocenters. The predicted octanol–water partition coefficient (Wildman–Crippen LogP) is 2.98. The van der Waals surface area contributed by atoms with Crippen LogP contribution in [0.25, 0.3) is 11.3 Å². The Labute approximate surface area is 195 Å². The van der Waals surface area contributed by atoms with Crippen molar-refractivity contribution in [3.05, 3.63) is 42.4 Å². The zero-order valence-electron chi connectivity index (χ0n) is 19.2. The maximum Gasteiger partial charge on any atom is 0.490 e. The maximum atomic E-state index is 12.2. The summed E-state index contributed by atoms with van der Waals surface area (Å²) in [4.78, 5) is 30.5. The number of aromatic nitrogens is 2. The van der Waals surface area contributed by atoms with Crippen LogP contribution < -0.4 is 0 Å². The Morgan fingerprint density at radius 1 is 1.12 bits per heavy atom. The van der Waals surface area contributed by atoms with Gasteiger partial charge in [-0.1, -0.05) is 37.3 Å². The van der Waals surface area contributed by atoms with Crippen molar-refractivity contribution in [3.8, 4) is 11.3 Å². The lowest BCUT2D eigenvalue weighted by Crippen LogP contribution is -2.58. The summed E-state index contributed by atoms with van der Waals surface area (Å²) in [5.41, 5.74) is 2.33. The van der Waals surface area contributed by atoms with E-state index >= 15 is 0 Å². The molecule has 1 fully saturated rings. The number of methoxy groups -OCH3 is 1. The van der Waals surface area contributed by atoms with E-state index < -0.39 is 12.1 Å². The first kappa shape index (κ1) is 25.7. The molecular weight excluding hydrogens is 453 g/mol. The van der Waals surface area contributed by atoms with Crippen molar-refractivity contribution >= 4 is 11.9 Å². The summed E-state index contributed by atoms with van der Waals surface area (Å²) in [6, 6.07) is 10.5. The normalized spacial score (nSPS) is 17.6. The van der Waals surface area contributed by atoms with Gasteiger partial charge in [-0.3, -0.25) is 9.69 Å². The molecule has 2 aliphatic rings. The topological polar surface area (TPSA) is 87.9 Å². The number of likely N-dealkylation sites (tertiary alicyclic amines) is 1. The van der Waals surface area contributed by atoms with Gasteiger partial charge in [0, 0.05) is 33.3 Å². The highest BCUT2D eigenvalue weighted by atomic mass is 19.4. The van der Waals surface area contributed by atoms with Crippen LogP contribution >= 0.6 is 0 Å². The third kappa shape index (κ3) is 5.25. The number of hydrogen-bond donors (Lipinski definition) is 1. The number of halogens is 3. The third-order valence-electron chi connectivity index (χ3n) is 6.38. The maximum absolute atomic E-state index is 12.2. The number of fused-ring (bicyclic) bond motifs is 2. The van der Waals surface area contributed by atoms with Crippen LogP contribution in [0, 0.1) is 0 Å². The molecule has 8 nitrogen and oxygen atoms in total. The van der Waals surface area contributed by atoms with E-state index in [1.54, 1.807) is 7.11 Å². The minimum absolute atomic E-state index is 0.0795. The molecule has 0 saturated carbocycles. The molecule has 1 spiro atoms. The Morgan fingerprint density at radius 2 is 1.74 bits per heavy atom. The Balaban J connectivity index is 0.000000406. The fourth-order valence-electron chi connectivity index (χ4n) is 4.73. The number of likely N-dealkylation sites (N-methyl/N-ethyl adjacent to an activating group) is 1. The molecule has 0 aliphatic carbocycles. The van der Waals surface area contributed by atoms with Crippen LogP contribution in [0.3, 0.4) is 0 Å². The van der Waals surface area contributed by atoms with Crippen LogP contribution in [0.5, 0.6) is 0 Å². The number of ether oxygens (including phenoxy) is 1. The van der Waals surface area contributed by atoms with E-state index in [1.807, 2.05) is 17.2 Å². The lowest BCUT2D eigenvalue weighted by Gasteiger charge is -2.50. The molecule has 0 bridgehead atoms. The average molecular weight is 483 g/mol. The fourth-order valence-corrected chi connectivity index (χ4v) is 4.73. The van der Waals surface area contributed by atoms with Gasteiger partial charge >= 0.3 is 12.1 Å².